The van der Waals surface area contributed by atoms with Crippen LogP contribution in [0.5, 0.6) is 0 Å². The molecule has 0 aliphatic heterocycles. The molecule has 0 amide bonds. The largest absolute Gasteiger partial charge is 0.446 e. The van der Waals surface area contributed by atoms with Crippen LogP contribution >= 0.6 is 11.8 Å². The average Bonchev–Trinajstić information content (AvgIpc) is 2.39. The number of halogens is 4. The van der Waals surface area contributed by atoms with Gasteiger partial charge < -0.3 is 5.32 Å². The van der Waals surface area contributed by atoms with Crippen LogP contribution < -0.4 is 5.32 Å². The van der Waals surface area contributed by atoms with Crippen molar-refractivity contribution in [1.82, 2.24) is 0 Å². The molecule has 112 valence electrons. The zero-order valence-corrected chi connectivity index (χ0v) is 12.0. The third-order valence-electron chi connectivity index (χ3n) is 2.78. The summed E-state index contributed by atoms with van der Waals surface area (Å²) in [5, 5.41) is 2.86. The average molecular weight is 315 g/mol. The molecule has 0 spiro atoms. The van der Waals surface area contributed by atoms with Gasteiger partial charge in [0.05, 0.1) is 0 Å². The molecule has 0 aliphatic rings. The molecule has 1 nitrogen and oxygen atoms in total. The maximum absolute atomic E-state index is 13.6. The summed E-state index contributed by atoms with van der Waals surface area (Å²) in [4.78, 5) is 0.0676. The summed E-state index contributed by atoms with van der Waals surface area (Å²) in [7, 11) is 0. The first-order chi connectivity index (χ1) is 9.85. The number of thioether (sulfide) groups is 1. The van der Waals surface area contributed by atoms with Gasteiger partial charge in [0.25, 0.3) is 0 Å². The third-order valence-corrected chi connectivity index (χ3v) is 3.59. The lowest BCUT2D eigenvalue weighted by Crippen LogP contribution is -2.05. The lowest BCUT2D eigenvalue weighted by Gasteiger charge is -2.13. The van der Waals surface area contributed by atoms with Gasteiger partial charge in [0.1, 0.15) is 5.82 Å². The standard InChI is InChI=1S/C15H13F4NS/c1-10-6-7-12(16)11(8-10)9-20-13-4-2-3-5-14(13)21-15(17,18)19/h2-8,20H,9H2,1H3. The van der Waals surface area contributed by atoms with Crippen molar-refractivity contribution in [2.45, 2.75) is 23.9 Å². The molecule has 0 aromatic heterocycles. The van der Waals surface area contributed by atoms with Crippen LogP contribution in [0.2, 0.25) is 0 Å². The first kappa shape index (κ1) is 15.7. The molecule has 2 aromatic rings. The predicted molar refractivity (Wildman–Crippen MR) is 76.8 cm³/mol. The molecule has 0 radical (unpaired) electrons. The van der Waals surface area contributed by atoms with E-state index in [1.54, 1.807) is 24.3 Å². The molecule has 1 N–H and O–H groups in total. The summed E-state index contributed by atoms with van der Waals surface area (Å²) >= 11 is -0.186. The quantitative estimate of drug-likeness (QED) is 0.602. The Kier molecular flexibility index (Phi) is 4.77. The molecule has 0 bridgehead atoms. The normalized spacial score (nSPS) is 11.5. The van der Waals surface area contributed by atoms with Gasteiger partial charge in [0.2, 0.25) is 0 Å². The topological polar surface area (TPSA) is 12.0 Å². The molecule has 0 saturated carbocycles. The highest BCUT2D eigenvalue weighted by Crippen LogP contribution is 2.40. The minimum absolute atomic E-state index is 0.0676. The van der Waals surface area contributed by atoms with Gasteiger partial charge in [-0.2, -0.15) is 13.2 Å². The van der Waals surface area contributed by atoms with Crippen molar-refractivity contribution < 1.29 is 17.6 Å². The van der Waals surface area contributed by atoms with Crippen molar-refractivity contribution in [2.75, 3.05) is 5.32 Å². The number of nitrogens with one attached hydrogen (secondary N) is 1. The van der Waals surface area contributed by atoms with Crippen LogP contribution in [0.4, 0.5) is 23.2 Å². The van der Waals surface area contributed by atoms with Gasteiger partial charge in [-0.3, -0.25) is 0 Å². The van der Waals surface area contributed by atoms with Crippen molar-refractivity contribution in [3.63, 3.8) is 0 Å². The molecule has 2 aromatic carbocycles. The maximum atomic E-state index is 13.6. The predicted octanol–water partition coefficient (Wildman–Crippen LogP) is 5.36. The fraction of sp³-hybridized carbons (Fsp3) is 0.200. The van der Waals surface area contributed by atoms with Gasteiger partial charge >= 0.3 is 5.51 Å². The zero-order chi connectivity index (χ0) is 15.5. The fourth-order valence-electron chi connectivity index (χ4n) is 1.86. The summed E-state index contributed by atoms with van der Waals surface area (Å²) in [6.07, 6.45) is 0. The molecule has 6 heteroatoms. The molecule has 0 saturated heterocycles. The van der Waals surface area contributed by atoms with Crippen LogP contribution in [-0.2, 0) is 6.54 Å². The number of alkyl halides is 3. The van der Waals surface area contributed by atoms with Gasteiger partial charge in [-0.15, -0.1) is 0 Å². The minimum atomic E-state index is -4.35. The Bertz CT molecular complexity index is 625. The lowest BCUT2D eigenvalue weighted by molar-refractivity contribution is -0.0327. The van der Waals surface area contributed by atoms with E-state index < -0.39 is 5.51 Å². The highest BCUT2D eigenvalue weighted by atomic mass is 32.2. The summed E-state index contributed by atoms with van der Waals surface area (Å²) in [6, 6.07) is 10.8. The van der Waals surface area contributed by atoms with E-state index in [2.05, 4.69) is 5.32 Å². The van der Waals surface area contributed by atoms with E-state index >= 15 is 0 Å². The zero-order valence-electron chi connectivity index (χ0n) is 11.2. The molecule has 0 aliphatic carbocycles. The molecular weight excluding hydrogens is 302 g/mol. The number of hydrogen-bond donors (Lipinski definition) is 1. The molecule has 0 unspecified atom stereocenters. The monoisotopic (exact) mass is 315 g/mol. The van der Waals surface area contributed by atoms with Crippen molar-refractivity contribution in [2.24, 2.45) is 0 Å². The first-order valence-electron chi connectivity index (χ1n) is 6.19. The Morgan fingerprint density at radius 1 is 1.10 bits per heavy atom. The van der Waals surface area contributed by atoms with E-state index in [0.717, 1.165) is 5.56 Å². The van der Waals surface area contributed by atoms with Crippen LogP contribution in [0.3, 0.4) is 0 Å². The number of aryl methyl sites for hydroxylation is 1. The van der Waals surface area contributed by atoms with Crippen molar-refractivity contribution in [3.05, 3.63) is 59.4 Å². The molecule has 0 fully saturated rings. The second-order valence-electron chi connectivity index (χ2n) is 4.49. The first-order valence-corrected chi connectivity index (χ1v) is 7.00. The highest BCUT2D eigenvalue weighted by Gasteiger charge is 2.30. The van der Waals surface area contributed by atoms with Crippen LogP contribution in [0.15, 0.2) is 47.4 Å². The number of anilines is 1. The molecule has 2 rings (SSSR count). The van der Waals surface area contributed by atoms with E-state index in [0.29, 0.717) is 11.3 Å². The Labute approximate surface area is 124 Å². The van der Waals surface area contributed by atoms with Crippen LogP contribution in [0, 0.1) is 12.7 Å². The maximum Gasteiger partial charge on any atom is 0.446 e. The van der Waals surface area contributed by atoms with Gasteiger partial charge in [-0.25, -0.2) is 4.39 Å². The summed E-state index contributed by atoms with van der Waals surface area (Å²) in [5.74, 6) is -0.381. The van der Waals surface area contributed by atoms with Crippen LogP contribution in [0.25, 0.3) is 0 Å². The van der Waals surface area contributed by atoms with Crippen LogP contribution in [-0.4, -0.2) is 5.51 Å². The summed E-state index contributed by atoms with van der Waals surface area (Å²) < 4.78 is 51.0. The Morgan fingerprint density at radius 3 is 2.52 bits per heavy atom. The highest BCUT2D eigenvalue weighted by molar-refractivity contribution is 8.00. The van der Waals surface area contributed by atoms with Gasteiger partial charge in [-0.1, -0.05) is 29.8 Å². The van der Waals surface area contributed by atoms with Crippen molar-refractivity contribution in [3.8, 4) is 0 Å². The van der Waals surface area contributed by atoms with E-state index in [4.69, 9.17) is 0 Å². The van der Waals surface area contributed by atoms with E-state index in [1.165, 1.54) is 18.2 Å². The summed E-state index contributed by atoms with van der Waals surface area (Å²) in [5.41, 5.74) is -2.71. The number of para-hydroxylation sites is 1. The van der Waals surface area contributed by atoms with Crippen LogP contribution in [0.1, 0.15) is 11.1 Å². The molecule has 21 heavy (non-hydrogen) atoms. The van der Waals surface area contributed by atoms with E-state index in [-0.39, 0.29) is 29.0 Å². The number of benzene rings is 2. The molecule has 0 heterocycles. The van der Waals surface area contributed by atoms with Gasteiger partial charge in [0.15, 0.2) is 0 Å². The minimum Gasteiger partial charge on any atom is -0.380 e. The second kappa shape index (κ2) is 6.39. The smallest absolute Gasteiger partial charge is 0.380 e. The Balaban J connectivity index is 2.15. The number of hydrogen-bond acceptors (Lipinski definition) is 2. The second-order valence-corrected chi connectivity index (χ2v) is 5.60. The third kappa shape index (κ3) is 4.67. The molecular formula is C15H13F4NS. The van der Waals surface area contributed by atoms with Crippen molar-refractivity contribution in [1.29, 1.82) is 0 Å². The van der Waals surface area contributed by atoms with E-state index in [9.17, 15) is 17.6 Å². The Hall–Kier alpha value is -1.69. The van der Waals surface area contributed by atoms with Gasteiger partial charge in [0, 0.05) is 22.7 Å². The Morgan fingerprint density at radius 2 is 1.81 bits per heavy atom. The SMILES string of the molecule is Cc1ccc(F)c(CNc2ccccc2SC(F)(F)F)c1. The number of rotatable bonds is 4. The fourth-order valence-corrected chi connectivity index (χ4v) is 2.50. The summed E-state index contributed by atoms with van der Waals surface area (Å²) in [6.45, 7) is 1.96. The lowest BCUT2D eigenvalue weighted by atomic mass is 10.1. The van der Waals surface area contributed by atoms with E-state index in [1.807, 2.05) is 6.92 Å². The van der Waals surface area contributed by atoms with Gasteiger partial charge in [-0.05, 0) is 36.9 Å². The van der Waals surface area contributed by atoms with Crippen molar-refractivity contribution >= 4 is 17.4 Å². The molecule has 0 atom stereocenters.